The molecule has 0 aliphatic rings. The molecule has 0 aliphatic carbocycles. The van der Waals surface area contributed by atoms with Gasteiger partial charge in [-0.15, -0.1) is 0 Å². The number of carbonyl (C=O) groups is 1. The van der Waals surface area contributed by atoms with Crippen LogP contribution in [0.15, 0.2) is 40.9 Å². The molecule has 0 saturated heterocycles. The second kappa shape index (κ2) is 6.00. The van der Waals surface area contributed by atoms with E-state index in [1.54, 1.807) is 12.1 Å². The van der Waals surface area contributed by atoms with E-state index in [0.29, 0.717) is 15.7 Å². The van der Waals surface area contributed by atoms with Crippen molar-refractivity contribution in [3.63, 3.8) is 0 Å². The van der Waals surface area contributed by atoms with E-state index in [4.69, 9.17) is 5.11 Å². The fourth-order valence-corrected chi connectivity index (χ4v) is 2.21. The first-order valence-electron chi connectivity index (χ1n) is 5.68. The van der Waals surface area contributed by atoms with Crippen LogP contribution in [0.2, 0.25) is 0 Å². The molecule has 3 nitrogen and oxygen atoms in total. The van der Waals surface area contributed by atoms with Crippen LogP contribution in [0.25, 0.3) is 0 Å². The van der Waals surface area contributed by atoms with E-state index >= 15 is 0 Å². The van der Waals surface area contributed by atoms with Crippen molar-refractivity contribution in [2.24, 2.45) is 0 Å². The van der Waals surface area contributed by atoms with Crippen LogP contribution < -0.4 is 5.32 Å². The van der Waals surface area contributed by atoms with Crippen LogP contribution in [0.1, 0.15) is 15.9 Å². The molecule has 0 heterocycles. The summed E-state index contributed by atoms with van der Waals surface area (Å²) >= 11 is 3.15. The molecule has 0 aliphatic heterocycles. The summed E-state index contributed by atoms with van der Waals surface area (Å²) in [5.74, 6) is -2.29. The fourth-order valence-electron chi connectivity index (χ4n) is 1.66. The highest BCUT2D eigenvalue weighted by Crippen LogP contribution is 2.22. The maximum Gasteiger partial charge on any atom is 0.336 e. The zero-order chi connectivity index (χ0) is 14.7. The molecule has 0 radical (unpaired) electrons. The van der Waals surface area contributed by atoms with Gasteiger partial charge in [0, 0.05) is 28.3 Å². The van der Waals surface area contributed by atoms with Gasteiger partial charge in [0.25, 0.3) is 0 Å². The number of carboxylic acid groups (broad SMARTS) is 1. The second-order valence-electron chi connectivity index (χ2n) is 4.09. The van der Waals surface area contributed by atoms with Crippen LogP contribution in [0, 0.1) is 11.6 Å². The SMILES string of the molecule is O=C(O)c1ccc(NCc2ccc(F)cc2F)cc1Br. The van der Waals surface area contributed by atoms with Gasteiger partial charge in [-0.2, -0.15) is 0 Å². The summed E-state index contributed by atoms with van der Waals surface area (Å²) < 4.78 is 26.6. The molecule has 104 valence electrons. The summed E-state index contributed by atoms with van der Waals surface area (Å²) in [4.78, 5) is 10.9. The fraction of sp³-hybridized carbons (Fsp3) is 0.0714. The molecule has 0 aromatic heterocycles. The molecule has 2 aromatic rings. The van der Waals surface area contributed by atoms with Crippen molar-refractivity contribution >= 4 is 27.6 Å². The standard InChI is InChI=1S/C14H10BrF2NO2/c15-12-6-10(3-4-11(12)14(19)20)18-7-8-1-2-9(16)5-13(8)17/h1-6,18H,7H2,(H,19,20). The van der Waals surface area contributed by atoms with Crippen molar-refractivity contribution in [2.45, 2.75) is 6.54 Å². The number of nitrogens with one attached hydrogen (secondary N) is 1. The summed E-state index contributed by atoms with van der Waals surface area (Å²) in [6, 6.07) is 7.97. The smallest absolute Gasteiger partial charge is 0.336 e. The molecule has 20 heavy (non-hydrogen) atoms. The van der Waals surface area contributed by atoms with Crippen LogP contribution in [0.4, 0.5) is 14.5 Å². The minimum absolute atomic E-state index is 0.142. The lowest BCUT2D eigenvalue weighted by molar-refractivity contribution is 0.0696. The molecule has 2 rings (SSSR count). The lowest BCUT2D eigenvalue weighted by atomic mass is 10.2. The van der Waals surface area contributed by atoms with Gasteiger partial charge >= 0.3 is 5.97 Å². The molecule has 0 saturated carbocycles. The topological polar surface area (TPSA) is 49.3 Å². The molecule has 2 N–H and O–H groups in total. The lowest BCUT2D eigenvalue weighted by Crippen LogP contribution is -2.03. The van der Waals surface area contributed by atoms with Gasteiger partial charge in [-0.25, -0.2) is 13.6 Å². The molecule has 0 amide bonds. The van der Waals surface area contributed by atoms with Crippen LogP contribution in [-0.2, 0) is 6.54 Å². The number of hydrogen-bond donors (Lipinski definition) is 2. The van der Waals surface area contributed by atoms with Crippen molar-refractivity contribution in [1.82, 2.24) is 0 Å². The largest absolute Gasteiger partial charge is 0.478 e. The minimum Gasteiger partial charge on any atom is -0.478 e. The van der Waals surface area contributed by atoms with E-state index in [0.717, 1.165) is 6.07 Å². The Balaban J connectivity index is 2.11. The Kier molecular flexibility index (Phi) is 4.34. The van der Waals surface area contributed by atoms with Crippen molar-refractivity contribution in [2.75, 3.05) is 5.32 Å². The van der Waals surface area contributed by atoms with Gasteiger partial charge in [0.05, 0.1) is 5.56 Å². The number of aromatic carboxylic acids is 1. The Morgan fingerprint density at radius 2 is 1.95 bits per heavy atom. The molecular weight excluding hydrogens is 332 g/mol. The summed E-state index contributed by atoms with van der Waals surface area (Å²) in [6.07, 6.45) is 0. The molecule has 0 fully saturated rings. The summed E-state index contributed by atoms with van der Waals surface area (Å²) in [7, 11) is 0. The number of hydrogen-bond acceptors (Lipinski definition) is 2. The van der Waals surface area contributed by atoms with Crippen molar-refractivity contribution in [3.05, 3.63) is 63.6 Å². The molecule has 2 aromatic carbocycles. The van der Waals surface area contributed by atoms with Crippen LogP contribution in [0.3, 0.4) is 0 Å². The van der Waals surface area contributed by atoms with Gasteiger partial charge in [-0.3, -0.25) is 0 Å². The van der Waals surface area contributed by atoms with E-state index in [2.05, 4.69) is 21.2 Å². The van der Waals surface area contributed by atoms with E-state index in [1.807, 2.05) is 0 Å². The van der Waals surface area contributed by atoms with E-state index in [-0.39, 0.29) is 12.1 Å². The quantitative estimate of drug-likeness (QED) is 0.882. The van der Waals surface area contributed by atoms with Gasteiger partial charge in [-0.05, 0) is 40.2 Å². The van der Waals surface area contributed by atoms with E-state index in [1.165, 1.54) is 18.2 Å². The zero-order valence-electron chi connectivity index (χ0n) is 10.2. The van der Waals surface area contributed by atoms with Gasteiger partial charge in [0.15, 0.2) is 0 Å². The number of benzene rings is 2. The Labute approximate surface area is 122 Å². The number of halogens is 3. The van der Waals surface area contributed by atoms with Gasteiger partial charge in [-0.1, -0.05) is 6.07 Å². The molecule has 0 unspecified atom stereocenters. The number of carboxylic acids is 1. The third-order valence-corrected chi connectivity index (χ3v) is 3.35. The maximum atomic E-state index is 13.4. The predicted octanol–water partition coefficient (Wildman–Crippen LogP) is 4.04. The highest BCUT2D eigenvalue weighted by atomic mass is 79.9. The molecular formula is C14H10BrF2NO2. The van der Waals surface area contributed by atoms with E-state index < -0.39 is 17.6 Å². The highest BCUT2D eigenvalue weighted by Gasteiger charge is 2.09. The lowest BCUT2D eigenvalue weighted by Gasteiger charge is -2.09. The second-order valence-corrected chi connectivity index (χ2v) is 4.94. The summed E-state index contributed by atoms with van der Waals surface area (Å²) in [6.45, 7) is 0.172. The van der Waals surface area contributed by atoms with Gasteiger partial charge < -0.3 is 10.4 Å². The Morgan fingerprint density at radius 3 is 2.55 bits per heavy atom. The molecule has 0 spiro atoms. The number of rotatable bonds is 4. The Morgan fingerprint density at radius 1 is 1.20 bits per heavy atom. The molecule has 0 bridgehead atoms. The van der Waals surface area contributed by atoms with Crippen molar-refractivity contribution < 1.29 is 18.7 Å². The third kappa shape index (κ3) is 3.33. The van der Waals surface area contributed by atoms with E-state index in [9.17, 15) is 13.6 Å². The number of anilines is 1. The molecule has 0 atom stereocenters. The average molecular weight is 342 g/mol. The average Bonchev–Trinajstić information content (AvgIpc) is 2.37. The van der Waals surface area contributed by atoms with Gasteiger partial charge in [0.2, 0.25) is 0 Å². The monoisotopic (exact) mass is 341 g/mol. The van der Waals surface area contributed by atoms with Crippen molar-refractivity contribution in [3.8, 4) is 0 Å². The normalized spacial score (nSPS) is 10.3. The van der Waals surface area contributed by atoms with Gasteiger partial charge in [0.1, 0.15) is 11.6 Å². The van der Waals surface area contributed by atoms with Crippen LogP contribution >= 0.6 is 15.9 Å². The Bertz CT molecular complexity index is 662. The predicted molar refractivity (Wildman–Crippen MR) is 74.8 cm³/mol. The minimum atomic E-state index is -1.03. The maximum absolute atomic E-state index is 13.4. The first-order chi connectivity index (χ1) is 9.47. The first kappa shape index (κ1) is 14.5. The van der Waals surface area contributed by atoms with Crippen molar-refractivity contribution in [1.29, 1.82) is 0 Å². The third-order valence-electron chi connectivity index (χ3n) is 2.70. The molecule has 6 heteroatoms. The highest BCUT2D eigenvalue weighted by molar-refractivity contribution is 9.10. The summed E-state index contributed by atoms with van der Waals surface area (Å²) in [5.41, 5.74) is 1.10. The summed E-state index contributed by atoms with van der Waals surface area (Å²) in [5, 5.41) is 11.8. The Hall–Kier alpha value is -1.95. The van der Waals surface area contributed by atoms with Crippen LogP contribution in [-0.4, -0.2) is 11.1 Å². The zero-order valence-corrected chi connectivity index (χ0v) is 11.7. The first-order valence-corrected chi connectivity index (χ1v) is 6.47. The van der Waals surface area contributed by atoms with Crippen LogP contribution in [0.5, 0.6) is 0 Å².